The van der Waals surface area contributed by atoms with E-state index >= 15 is 0 Å². The van der Waals surface area contributed by atoms with Crippen LogP contribution in [-0.4, -0.2) is 12.0 Å². The van der Waals surface area contributed by atoms with Crippen molar-refractivity contribution < 1.29 is 4.39 Å². The van der Waals surface area contributed by atoms with E-state index < -0.39 is 0 Å². The fraction of sp³-hybridized carbons (Fsp3) is 0.308. The molecule has 0 saturated heterocycles. The summed E-state index contributed by atoms with van der Waals surface area (Å²) in [7, 11) is 1.91. The quantitative estimate of drug-likeness (QED) is 0.901. The molecule has 1 N–H and O–H groups in total. The van der Waals surface area contributed by atoms with Crippen LogP contribution in [0.5, 0.6) is 0 Å². The van der Waals surface area contributed by atoms with Gasteiger partial charge in [-0.15, -0.1) is 11.3 Å². The molecule has 0 saturated carbocycles. The third-order valence-corrected chi connectivity index (χ3v) is 3.71. The number of nitrogens with zero attached hydrogens (tertiary/aromatic N) is 1. The molecular weight excluding hydrogens is 235 g/mol. The molecular formula is C13H15FN2S. The second kappa shape index (κ2) is 4.94. The van der Waals surface area contributed by atoms with Crippen molar-refractivity contribution in [2.45, 2.75) is 19.9 Å². The Morgan fingerprint density at radius 3 is 2.82 bits per heavy atom. The first-order valence-electron chi connectivity index (χ1n) is 5.51. The van der Waals surface area contributed by atoms with Crippen LogP contribution in [0.1, 0.15) is 24.2 Å². The molecule has 0 radical (unpaired) electrons. The van der Waals surface area contributed by atoms with Gasteiger partial charge in [0.1, 0.15) is 10.8 Å². The first kappa shape index (κ1) is 12.2. The molecule has 1 aromatic heterocycles. The molecule has 2 nitrogen and oxygen atoms in total. The van der Waals surface area contributed by atoms with Gasteiger partial charge in [-0.1, -0.05) is 0 Å². The largest absolute Gasteiger partial charge is 0.312 e. The SMILES string of the molecule is CNC(C)c1csc(-c2ccc(F)c(C)c2)n1. The van der Waals surface area contributed by atoms with Crippen LogP contribution in [0.25, 0.3) is 10.6 Å². The minimum absolute atomic E-state index is 0.172. The molecule has 1 aromatic carbocycles. The third kappa shape index (κ3) is 2.53. The maximum Gasteiger partial charge on any atom is 0.126 e. The van der Waals surface area contributed by atoms with Crippen molar-refractivity contribution in [3.8, 4) is 10.6 Å². The van der Waals surface area contributed by atoms with Gasteiger partial charge in [-0.05, 0) is 44.7 Å². The van der Waals surface area contributed by atoms with Gasteiger partial charge in [0.25, 0.3) is 0 Å². The maximum atomic E-state index is 13.2. The van der Waals surface area contributed by atoms with Crippen molar-refractivity contribution in [1.29, 1.82) is 0 Å². The third-order valence-electron chi connectivity index (χ3n) is 2.80. The van der Waals surface area contributed by atoms with Crippen LogP contribution in [0, 0.1) is 12.7 Å². The van der Waals surface area contributed by atoms with E-state index in [-0.39, 0.29) is 11.9 Å². The van der Waals surface area contributed by atoms with Crippen molar-refractivity contribution in [2.75, 3.05) is 7.05 Å². The lowest BCUT2D eigenvalue weighted by Crippen LogP contribution is -2.12. The summed E-state index contributed by atoms with van der Waals surface area (Å²) in [5.74, 6) is -0.172. The minimum Gasteiger partial charge on any atom is -0.312 e. The van der Waals surface area contributed by atoms with Crippen LogP contribution in [0.3, 0.4) is 0 Å². The van der Waals surface area contributed by atoms with Crippen molar-refractivity contribution in [3.05, 3.63) is 40.7 Å². The molecule has 90 valence electrons. The van der Waals surface area contributed by atoms with Crippen LogP contribution < -0.4 is 5.32 Å². The van der Waals surface area contributed by atoms with Crippen molar-refractivity contribution >= 4 is 11.3 Å². The smallest absolute Gasteiger partial charge is 0.126 e. The molecule has 0 bridgehead atoms. The number of nitrogens with one attached hydrogen (secondary N) is 1. The summed E-state index contributed by atoms with van der Waals surface area (Å²) in [6, 6.07) is 5.34. The molecule has 1 atom stereocenters. The van der Waals surface area contributed by atoms with Gasteiger partial charge in [-0.2, -0.15) is 0 Å². The standard InChI is InChI=1S/C13H15FN2S/c1-8-6-10(4-5-11(8)14)13-16-12(7-17-13)9(2)15-3/h4-7,9,15H,1-3H3. The fourth-order valence-electron chi connectivity index (χ4n) is 1.54. The van der Waals surface area contributed by atoms with Gasteiger partial charge >= 0.3 is 0 Å². The van der Waals surface area contributed by atoms with Gasteiger partial charge in [0.15, 0.2) is 0 Å². The summed E-state index contributed by atoms with van der Waals surface area (Å²) in [6.45, 7) is 3.83. The highest BCUT2D eigenvalue weighted by Crippen LogP contribution is 2.27. The lowest BCUT2D eigenvalue weighted by atomic mass is 10.1. The molecule has 0 amide bonds. The van der Waals surface area contributed by atoms with E-state index in [2.05, 4.69) is 17.2 Å². The van der Waals surface area contributed by atoms with Gasteiger partial charge in [-0.3, -0.25) is 0 Å². The molecule has 4 heteroatoms. The van der Waals surface area contributed by atoms with Gasteiger partial charge in [-0.25, -0.2) is 9.37 Å². The zero-order valence-electron chi connectivity index (χ0n) is 10.1. The number of aromatic nitrogens is 1. The van der Waals surface area contributed by atoms with E-state index in [1.165, 1.54) is 6.07 Å². The van der Waals surface area contributed by atoms with Gasteiger partial charge < -0.3 is 5.32 Å². The number of hydrogen-bond acceptors (Lipinski definition) is 3. The number of halogens is 1. The first-order chi connectivity index (χ1) is 8.11. The number of hydrogen-bond donors (Lipinski definition) is 1. The molecule has 0 aliphatic heterocycles. The number of thiazole rings is 1. The van der Waals surface area contributed by atoms with E-state index in [9.17, 15) is 4.39 Å². The van der Waals surface area contributed by atoms with Gasteiger partial charge in [0.05, 0.1) is 5.69 Å². The second-order valence-electron chi connectivity index (χ2n) is 4.05. The summed E-state index contributed by atoms with van der Waals surface area (Å²) in [5, 5.41) is 6.12. The lowest BCUT2D eigenvalue weighted by Gasteiger charge is -2.05. The molecule has 0 spiro atoms. The number of rotatable bonds is 3. The Hall–Kier alpha value is -1.26. The Kier molecular flexibility index (Phi) is 3.54. The predicted octanol–water partition coefficient (Wildman–Crippen LogP) is 3.54. The predicted molar refractivity (Wildman–Crippen MR) is 69.7 cm³/mol. The van der Waals surface area contributed by atoms with E-state index in [1.54, 1.807) is 24.3 Å². The Morgan fingerprint density at radius 1 is 1.41 bits per heavy atom. The molecule has 1 heterocycles. The Morgan fingerprint density at radius 2 is 2.18 bits per heavy atom. The molecule has 0 fully saturated rings. The zero-order chi connectivity index (χ0) is 12.4. The second-order valence-corrected chi connectivity index (χ2v) is 4.91. The summed E-state index contributed by atoms with van der Waals surface area (Å²) >= 11 is 1.59. The normalized spacial score (nSPS) is 12.7. The van der Waals surface area contributed by atoms with Gasteiger partial charge in [0, 0.05) is 17.0 Å². The van der Waals surface area contributed by atoms with Crippen molar-refractivity contribution in [3.63, 3.8) is 0 Å². The summed E-state index contributed by atoms with van der Waals surface area (Å²) in [6.07, 6.45) is 0. The lowest BCUT2D eigenvalue weighted by molar-refractivity contribution is 0.618. The molecule has 0 aliphatic rings. The topological polar surface area (TPSA) is 24.9 Å². The van der Waals surface area contributed by atoms with Crippen molar-refractivity contribution in [1.82, 2.24) is 10.3 Å². The first-order valence-corrected chi connectivity index (χ1v) is 6.39. The van der Waals surface area contributed by atoms with E-state index in [1.807, 2.05) is 18.5 Å². The maximum absolute atomic E-state index is 13.2. The summed E-state index contributed by atoms with van der Waals surface area (Å²) < 4.78 is 13.2. The van der Waals surface area contributed by atoms with Gasteiger partial charge in [0.2, 0.25) is 0 Å². The number of benzene rings is 1. The number of aryl methyl sites for hydroxylation is 1. The van der Waals surface area contributed by atoms with Crippen LogP contribution >= 0.6 is 11.3 Å². The molecule has 2 rings (SSSR count). The Labute approximate surface area is 105 Å². The highest BCUT2D eigenvalue weighted by atomic mass is 32.1. The molecule has 2 aromatic rings. The van der Waals surface area contributed by atoms with Crippen LogP contribution in [-0.2, 0) is 0 Å². The minimum atomic E-state index is -0.172. The summed E-state index contributed by atoms with van der Waals surface area (Å²) in [4.78, 5) is 4.56. The molecule has 1 unspecified atom stereocenters. The van der Waals surface area contributed by atoms with E-state index in [0.717, 1.165) is 16.3 Å². The van der Waals surface area contributed by atoms with E-state index in [0.29, 0.717) is 5.56 Å². The Bertz CT molecular complexity index is 522. The molecule has 17 heavy (non-hydrogen) atoms. The molecule has 0 aliphatic carbocycles. The van der Waals surface area contributed by atoms with E-state index in [4.69, 9.17) is 0 Å². The van der Waals surface area contributed by atoms with Crippen molar-refractivity contribution in [2.24, 2.45) is 0 Å². The summed E-state index contributed by atoms with van der Waals surface area (Å²) in [5.41, 5.74) is 2.65. The zero-order valence-corrected chi connectivity index (χ0v) is 10.9. The fourth-order valence-corrected chi connectivity index (χ4v) is 2.45. The Balaban J connectivity index is 2.33. The average molecular weight is 250 g/mol. The highest BCUT2D eigenvalue weighted by molar-refractivity contribution is 7.13. The van der Waals surface area contributed by atoms with Crippen LogP contribution in [0.4, 0.5) is 4.39 Å². The van der Waals surface area contributed by atoms with Crippen LogP contribution in [0.15, 0.2) is 23.6 Å². The highest BCUT2D eigenvalue weighted by Gasteiger charge is 2.10. The monoisotopic (exact) mass is 250 g/mol. The van der Waals surface area contributed by atoms with Crippen LogP contribution in [0.2, 0.25) is 0 Å². The average Bonchev–Trinajstić information content (AvgIpc) is 2.81.